The molecule has 1 N–H and O–H groups in total. The fourth-order valence-corrected chi connectivity index (χ4v) is 5.27. The van der Waals surface area contributed by atoms with Crippen LogP contribution < -0.4 is 5.32 Å². The highest BCUT2D eigenvalue weighted by Crippen LogP contribution is 2.45. The molecule has 0 spiro atoms. The second-order valence-electron chi connectivity index (χ2n) is 8.28. The first-order chi connectivity index (χ1) is 15.6. The largest absolute Gasteiger partial charge is 0.368 e. The second-order valence-corrected chi connectivity index (χ2v) is 9.16. The van der Waals surface area contributed by atoms with Crippen LogP contribution in [0.25, 0.3) is 0 Å². The highest BCUT2D eigenvalue weighted by atomic mass is 32.1. The maximum absolute atomic E-state index is 13.8. The van der Waals surface area contributed by atoms with E-state index < -0.39 is 11.8 Å². The molecule has 0 radical (unpaired) electrons. The van der Waals surface area contributed by atoms with Crippen LogP contribution in [0.15, 0.2) is 48.2 Å². The number of nitrogens with one attached hydrogen (secondary N) is 1. The van der Waals surface area contributed by atoms with Gasteiger partial charge in [0.25, 0.3) is 0 Å². The fraction of sp³-hybridized carbons (Fsp3) is 0.409. The van der Waals surface area contributed by atoms with Crippen molar-refractivity contribution in [2.45, 2.75) is 30.0 Å². The molecule has 10 heteroatoms. The molecule has 3 aromatic heterocycles. The molecule has 166 valence electrons. The summed E-state index contributed by atoms with van der Waals surface area (Å²) in [4.78, 5) is 22.6. The van der Waals surface area contributed by atoms with Gasteiger partial charge < -0.3 is 15.0 Å². The van der Waals surface area contributed by atoms with Crippen LogP contribution in [-0.2, 0) is 20.5 Å². The van der Waals surface area contributed by atoms with E-state index in [0.29, 0.717) is 50.6 Å². The van der Waals surface area contributed by atoms with E-state index in [1.54, 1.807) is 22.8 Å². The van der Waals surface area contributed by atoms with Gasteiger partial charge in [0.2, 0.25) is 6.41 Å². The van der Waals surface area contributed by atoms with E-state index >= 15 is 0 Å². The Hall–Kier alpha value is -2.98. The number of morpholine rings is 1. The number of hydrogen-bond acceptors (Lipinski definition) is 8. The molecule has 5 rings (SSSR count). The summed E-state index contributed by atoms with van der Waals surface area (Å²) >= 11 is 1.46. The molecule has 1 aliphatic carbocycles. The number of carbonyl (C=O) groups excluding carboxylic acids is 1. The average molecular weight is 455 g/mol. The van der Waals surface area contributed by atoms with Crippen LogP contribution in [-0.4, -0.2) is 63.9 Å². The van der Waals surface area contributed by atoms with Gasteiger partial charge in [-0.1, -0.05) is 6.07 Å². The number of carbonyl (C=O) groups is 1. The predicted octanol–water partition coefficient (Wildman–Crippen LogP) is 2.54. The van der Waals surface area contributed by atoms with Crippen molar-refractivity contribution in [2.75, 3.05) is 31.6 Å². The number of thiazole rings is 1. The van der Waals surface area contributed by atoms with Crippen molar-refractivity contribution in [3.8, 4) is 0 Å². The van der Waals surface area contributed by atoms with Gasteiger partial charge in [-0.15, -0.1) is 21.5 Å². The molecule has 1 aliphatic heterocycles. The molecular formula is C22H23FN6O2S. The number of pyridine rings is 1. The van der Waals surface area contributed by atoms with Crippen molar-refractivity contribution >= 4 is 23.6 Å². The summed E-state index contributed by atoms with van der Waals surface area (Å²) in [5, 5.41) is 12.1. The summed E-state index contributed by atoms with van der Waals surface area (Å²) in [6.07, 6.45) is 4.38. The molecule has 0 bridgehead atoms. The zero-order valence-corrected chi connectivity index (χ0v) is 18.2. The van der Waals surface area contributed by atoms with Gasteiger partial charge in [0, 0.05) is 36.6 Å². The maximum atomic E-state index is 13.8. The smallest absolute Gasteiger partial charge is 0.209 e. The molecule has 32 heavy (non-hydrogen) atoms. The molecule has 3 aromatic rings. The molecule has 1 unspecified atom stereocenters. The van der Waals surface area contributed by atoms with Crippen LogP contribution in [0.5, 0.6) is 0 Å². The summed E-state index contributed by atoms with van der Waals surface area (Å²) in [5.41, 5.74) is 2.00. The highest BCUT2D eigenvalue weighted by molar-refractivity contribution is 7.09. The minimum absolute atomic E-state index is 0.345. The first-order valence-corrected chi connectivity index (χ1v) is 11.4. The number of anilines is 1. The molecule has 4 heterocycles. The van der Waals surface area contributed by atoms with E-state index in [1.165, 1.54) is 11.3 Å². The van der Waals surface area contributed by atoms with E-state index in [9.17, 15) is 9.18 Å². The molecule has 8 nitrogen and oxygen atoms in total. The van der Waals surface area contributed by atoms with Gasteiger partial charge in [-0.2, -0.15) is 0 Å². The average Bonchev–Trinajstić information content (AvgIpc) is 3.38. The zero-order chi connectivity index (χ0) is 22.0. The number of amides is 1. The van der Waals surface area contributed by atoms with Gasteiger partial charge in [0.15, 0.2) is 5.60 Å². The van der Waals surface area contributed by atoms with Crippen molar-refractivity contribution in [3.63, 3.8) is 0 Å². The number of hydrogen-bond donors (Lipinski definition) is 1. The number of nitrogens with zero attached hydrogens (tertiary/aromatic N) is 5. The number of halogens is 1. The first-order valence-electron chi connectivity index (χ1n) is 10.5. The Morgan fingerprint density at radius 2 is 2.16 bits per heavy atom. The van der Waals surface area contributed by atoms with Crippen molar-refractivity contribution < 1.29 is 13.9 Å². The Kier molecular flexibility index (Phi) is 5.56. The summed E-state index contributed by atoms with van der Waals surface area (Å²) in [7, 11) is 0. The number of ether oxygens (including phenoxy) is 1. The third-order valence-electron chi connectivity index (χ3n) is 6.25. The monoisotopic (exact) mass is 454 g/mol. The van der Waals surface area contributed by atoms with Crippen LogP contribution in [0.2, 0.25) is 0 Å². The van der Waals surface area contributed by atoms with E-state index in [-0.39, 0.29) is 5.41 Å². The van der Waals surface area contributed by atoms with E-state index in [2.05, 4.69) is 25.5 Å². The summed E-state index contributed by atoms with van der Waals surface area (Å²) < 4.78 is 20.0. The van der Waals surface area contributed by atoms with Gasteiger partial charge >= 0.3 is 0 Å². The highest BCUT2D eigenvalue weighted by Gasteiger charge is 2.47. The Bertz CT molecular complexity index is 1050. The molecule has 0 aromatic carbocycles. The minimum Gasteiger partial charge on any atom is -0.368 e. The first kappa shape index (κ1) is 20.9. The fourth-order valence-electron chi connectivity index (χ4n) is 4.49. The topological polar surface area (TPSA) is 93.1 Å². The van der Waals surface area contributed by atoms with E-state index in [1.807, 2.05) is 30.3 Å². The molecule has 2 aliphatic rings. The van der Waals surface area contributed by atoms with Gasteiger partial charge in [0.1, 0.15) is 17.7 Å². The Labute approximate surface area is 188 Å². The Balaban J connectivity index is 1.36. The van der Waals surface area contributed by atoms with Crippen LogP contribution in [0.4, 0.5) is 10.2 Å². The number of alkyl halides is 1. The zero-order valence-electron chi connectivity index (χ0n) is 17.4. The van der Waals surface area contributed by atoms with Crippen LogP contribution in [0.1, 0.15) is 29.1 Å². The Morgan fingerprint density at radius 1 is 1.25 bits per heavy atom. The SMILES string of the molecule is O=CN1CCOC(c2ccc(NCC3(c4ccccn4)CC(F)C3)nn2)(c2cncs2)C1. The van der Waals surface area contributed by atoms with Crippen LogP contribution >= 0.6 is 11.3 Å². The number of rotatable bonds is 7. The normalized spacial score (nSPS) is 27.5. The molecule has 1 saturated heterocycles. The molecule has 1 saturated carbocycles. The predicted molar refractivity (Wildman–Crippen MR) is 117 cm³/mol. The van der Waals surface area contributed by atoms with Crippen molar-refractivity contribution in [1.82, 2.24) is 25.1 Å². The van der Waals surface area contributed by atoms with Gasteiger partial charge in [-0.25, -0.2) is 4.39 Å². The van der Waals surface area contributed by atoms with Crippen LogP contribution in [0.3, 0.4) is 0 Å². The molecular weight excluding hydrogens is 431 g/mol. The standard InChI is InChI=1S/C22H23FN6O2S/c23-16-9-21(10-16,17-3-1-2-6-25-17)12-26-20-5-4-18(27-28-20)22(19-11-24-14-32-19)13-29(15-30)7-8-31-22/h1-6,11,14-16H,7-10,12-13H2,(H,26,28). The lowest BCUT2D eigenvalue weighted by molar-refractivity contribution is -0.133. The van der Waals surface area contributed by atoms with Gasteiger partial charge in [0.05, 0.1) is 23.5 Å². The Morgan fingerprint density at radius 3 is 2.81 bits per heavy atom. The molecule has 2 fully saturated rings. The summed E-state index contributed by atoms with van der Waals surface area (Å²) in [6.45, 7) is 1.80. The minimum atomic E-state index is -0.892. The lowest BCUT2D eigenvalue weighted by Crippen LogP contribution is -2.50. The van der Waals surface area contributed by atoms with Crippen LogP contribution in [0, 0.1) is 0 Å². The third-order valence-corrected chi connectivity index (χ3v) is 7.17. The number of aromatic nitrogens is 4. The third kappa shape index (κ3) is 3.73. The van der Waals surface area contributed by atoms with Crippen molar-refractivity contribution in [3.05, 3.63) is 64.5 Å². The van der Waals surface area contributed by atoms with E-state index in [4.69, 9.17) is 4.74 Å². The lowest BCUT2D eigenvalue weighted by atomic mass is 9.65. The summed E-state index contributed by atoms with van der Waals surface area (Å²) in [6, 6.07) is 9.43. The van der Waals surface area contributed by atoms with Gasteiger partial charge in [-0.3, -0.25) is 14.8 Å². The molecule has 1 amide bonds. The van der Waals surface area contributed by atoms with E-state index in [0.717, 1.165) is 17.0 Å². The quantitative estimate of drug-likeness (QED) is 0.549. The maximum Gasteiger partial charge on any atom is 0.209 e. The second kappa shape index (κ2) is 8.51. The van der Waals surface area contributed by atoms with Crippen molar-refractivity contribution in [2.24, 2.45) is 0 Å². The van der Waals surface area contributed by atoms with Gasteiger partial charge in [-0.05, 0) is 37.1 Å². The summed E-state index contributed by atoms with van der Waals surface area (Å²) in [5.74, 6) is 0.592. The molecule has 1 atom stereocenters. The van der Waals surface area contributed by atoms with Crippen molar-refractivity contribution in [1.29, 1.82) is 0 Å². The lowest BCUT2D eigenvalue weighted by Gasteiger charge is -2.44.